The van der Waals surface area contributed by atoms with Gasteiger partial charge < -0.3 is 25.1 Å². The van der Waals surface area contributed by atoms with E-state index in [0.29, 0.717) is 45.2 Å². The summed E-state index contributed by atoms with van der Waals surface area (Å²) in [5, 5.41) is 5.51. The van der Waals surface area contributed by atoms with Gasteiger partial charge in [-0.05, 0) is 59.1 Å². The third-order valence-corrected chi connectivity index (χ3v) is 4.15. The molecular weight excluding hydrogens is 338 g/mol. The SMILES string of the molecule is C=NCCCC(=O)NCCC[C@@H]1CC1(NC(=O)OC(C)(C)C)C(=O)OC. The third-order valence-electron chi connectivity index (χ3n) is 4.15. The molecule has 0 bridgehead atoms. The van der Waals surface area contributed by atoms with E-state index in [1.165, 1.54) is 7.11 Å². The van der Waals surface area contributed by atoms with Gasteiger partial charge in [-0.1, -0.05) is 0 Å². The van der Waals surface area contributed by atoms with Crippen molar-refractivity contribution in [2.24, 2.45) is 10.9 Å². The van der Waals surface area contributed by atoms with Crippen molar-refractivity contribution >= 4 is 24.7 Å². The highest BCUT2D eigenvalue weighted by Gasteiger charge is 2.62. The fraction of sp³-hybridized carbons (Fsp3) is 0.778. The standard InChI is InChI=1S/C18H31N3O5/c1-17(2,3)26-16(24)21-18(15(23)25-5)12-13(18)8-6-11-20-14(22)9-7-10-19-4/h13H,4,6-12H2,1-3,5H3,(H,20,22)(H,21,24)/t13-,18?/m1/s1. The highest BCUT2D eigenvalue weighted by Crippen LogP contribution is 2.47. The maximum atomic E-state index is 12.1. The summed E-state index contributed by atoms with van der Waals surface area (Å²) in [5.74, 6) is -0.505. The Hall–Kier alpha value is -2.12. The number of methoxy groups -OCH3 is 1. The minimum atomic E-state index is -1.02. The second kappa shape index (κ2) is 9.54. The van der Waals surface area contributed by atoms with E-state index in [2.05, 4.69) is 22.3 Å². The average molecular weight is 369 g/mol. The van der Waals surface area contributed by atoms with Crippen LogP contribution in [-0.2, 0) is 19.1 Å². The third kappa shape index (κ3) is 7.01. The Balaban J connectivity index is 2.40. The molecule has 2 N–H and O–H groups in total. The molecule has 148 valence electrons. The van der Waals surface area contributed by atoms with Crippen LogP contribution in [0.4, 0.5) is 4.79 Å². The Morgan fingerprint density at radius 1 is 1.27 bits per heavy atom. The second-order valence-electron chi connectivity index (χ2n) is 7.53. The summed E-state index contributed by atoms with van der Waals surface area (Å²) in [6, 6.07) is 0. The topological polar surface area (TPSA) is 106 Å². The molecule has 1 saturated carbocycles. The molecule has 8 nitrogen and oxygen atoms in total. The molecule has 0 heterocycles. The fourth-order valence-corrected chi connectivity index (χ4v) is 2.82. The van der Waals surface area contributed by atoms with Crippen LogP contribution in [0.25, 0.3) is 0 Å². The van der Waals surface area contributed by atoms with Gasteiger partial charge in [0.25, 0.3) is 0 Å². The van der Waals surface area contributed by atoms with Gasteiger partial charge in [0.1, 0.15) is 11.1 Å². The molecule has 1 aliphatic carbocycles. The number of hydrogen-bond donors (Lipinski definition) is 2. The zero-order valence-corrected chi connectivity index (χ0v) is 16.2. The van der Waals surface area contributed by atoms with E-state index in [9.17, 15) is 14.4 Å². The molecule has 0 aliphatic heterocycles. The van der Waals surface area contributed by atoms with Crippen LogP contribution in [0.5, 0.6) is 0 Å². The number of hydrogen-bond acceptors (Lipinski definition) is 6. The summed E-state index contributed by atoms with van der Waals surface area (Å²) in [7, 11) is 1.30. The van der Waals surface area contributed by atoms with Gasteiger partial charge in [-0.25, -0.2) is 9.59 Å². The number of esters is 1. The van der Waals surface area contributed by atoms with Crippen LogP contribution in [0.1, 0.15) is 52.9 Å². The van der Waals surface area contributed by atoms with E-state index >= 15 is 0 Å². The lowest BCUT2D eigenvalue weighted by Gasteiger charge is -2.23. The molecular formula is C18H31N3O5. The van der Waals surface area contributed by atoms with Crippen LogP contribution in [0.3, 0.4) is 0 Å². The van der Waals surface area contributed by atoms with Gasteiger partial charge in [0.2, 0.25) is 5.91 Å². The number of nitrogens with zero attached hydrogens (tertiary/aromatic N) is 1. The first kappa shape index (κ1) is 21.9. The minimum Gasteiger partial charge on any atom is -0.467 e. The van der Waals surface area contributed by atoms with Crippen molar-refractivity contribution in [2.75, 3.05) is 20.2 Å². The number of rotatable bonds is 10. The molecule has 0 spiro atoms. The second-order valence-corrected chi connectivity index (χ2v) is 7.53. The predicted molar refractivity (Wildman–Crippen MR) is 98.1 cm³/mol. The summed E-state index contributed by atoms with van der Waals surface area (Å²) in [4.78, 5) is 39.5. The van der Waals surface area contributed by atoms with Crippen molar-refractivity contribution < 1.29 is 23.9 Å². The highest BCUT2D eigenvalue weighted by molar-refractivity contribution is 5.89. The van der Waals surface area contributed by atoms with Crippen LogP contribution in [0, 0.1) is 5.92 Å². The van der Waals surface area contributed by atoms with E-state index in [0.717, 1.165) is 0 Å². The van der Waals surface area contributed by atoms with Gasteiger partial charge >= 0.3 is 12.1 Å². The first-order valence-corrected chi connectivity index (χ1v) is 8.93. The Kier molecular flexibility index (Phi) is 8.05. The van der Waals surface area contributed by atoms with Gasteiger partial charge in [-0.3, -0.25) is 4.79 Å². The zero-order valence-electron chi connectivity index (χ0n) is 16.2. The Morgan fingerprint density at radius 2 is 1.96 bits per heavy atom. The molecule has 0 radical (unpaired) electrons. The molecule has 0 saturated heterocycles. The maximum absolute atomic E-state index is 12.1. The molecule has 1 fully saturated rings. The zero-order chi connectivity index (χ0) is 19.8. The molecule has 0 aromatic heterocycles. The largest absolute Gasteiger partial charge is 0.467 e. The number of carbonyl (C=O) groups excluding carboxylic acids is 3. The van der Waals surface area contributed by atoms with Crippen LogP contribution in [0.15, 0.2) is 4.99 Å². The lowest BCUT2D eigenvalue weighted by molar-refractivity contribution is -0.145. The summed E-state index contributed by atoms with van der Waals surface area (Å²) in [5.41, 5.74) is -1.66. The predicted octanol–water partition coefficient (Wildman–Crippen LogP) is 1.82. The summed E-state index contributed by atoms with van der Waals surface area (Å²) in [6.45, 7) is 9.76. The lowest BCUT2D eigenvalue weighted by Crippen LogP contribution is -2.47. The smallest absolute Gasteiger partial charge is 0.408 e. The van der Waals surface area contributed by atoms with E-state index in [-0.39, 0.29) is 11.8 Å². The molecule has 0 aromatic rings. The van der Waals surface area contributed by atoms with Crippen molar-refractivity contribution in [3.05, 3.63) is 0 Å². The summed E-state index contributed by atoms with van der Waals surface area (Å²) >= 11 is 0. The van der Waals surface area contributed by atoms with Gasteiger partial charge in [-0.2, -0.15) is 0 Å². The van der Waals surface area contributed by atoms with Gasteiger partial charge in [0.05, 0.1) is 7.11 Å². The van der Waals surface area contributed by atoms with E-state index in [1.807, 2.05) is 0 Å². The number of nitrogens with one attached hydrogen (secondary N) is 2. The summed E-state index contributed by atoms with van der Waals surface area (Å²) < 4.78 is 10.1. The van der Waals surface area contributed by atoms with E-state index in [4.69, 9.17) is 9.47 Å². The molecule has 1 aliphatic rings. The molecule has 2 amide bonds. The Labute approximate surface area is 155 Å². The Bertz CT molecular complexity index is 529. The van der Waals surface area contributed by atoms with Crippen molar-refractivity contribution in [3.8, 4) is 0 Å². The molecule has 26 heavy (non-hydrogen) atoms. The average Bonchev–Trinajstić information content (AvgIpc) is 3.23. The minimum absolute atomic E-state index is 0.0180. The monoisotopic (exact) mass is 369 g/mol. The van der Waals surface area contributed by atoms with Gasteiger partial charge in [0, 0.05) is 19.5 Å². The first-order chi connectivity index (χ1) is 12.1. The van der Waals surface area contributed by atoms with Crippen molar-refractivity contribution in [1.29, 1.82) is 0 Å². The highest BCUT2D eigenvalue weighted by atomic mass is 16.6. The molecule has 0 aromatic carbocycles. The fourth-order valence-electron chi connectivity index (χ4n) is 2.82. The summed E-state index contributed by atoms with van der Waals surface area (Å²) in [6.07, 6.45) is 2.40. The van der Waals surface area contributed by atoms with Crippen LogP contribution < -0.4 is 10.6 Å². The lowest BCUT2D eigenvalue weighted by atomic mass is 10.1. The first-order valence-electron chi connectivity index (χ1n) is 8.93. The number of ether oxygens (including phenoxy) is 2. The number of amides is 2. The number of alkyl carbamates (subject to hydrolysis) is 1. The van der Waals surface area contributed by atoms with Crippen LogP contribution in [-0.4, -0.2) is 56.0 Å². The number of carbonyl (C=O) groups is 3. The van der Waals surface area contributed by atoms with Crippen LogP contribution in [0.2, 0.25) is 0 Å². The van der Waals surface area contributed by atoms with Gasteiger partial charge in [-0.15, -0.1) is 0 Å². The van der Waals surface area contributed by atoms with E-state index in [1.54, 1.807) is 20.8 Å². The normalized spacial score (nSPS) is 21.5. The number of aliphatic imine (C=N–C) groups is 1. The van der Waals surface area contributed by atoms with Crippen molar-refractivity contribution in [1.82, 2.24) is 10.6 Å². The molecule has 1 rings (SSSR count). The molecule has 1 unspecified atom stereocenters. The Morgan fingerprint density at radius 3 is 2.54 bits per heavy atom. The van der Waals surface area contributed by atoms with Crippen molar-refractivity contribution in [3.63, 3.8) is 0 Å². The van der Waals surface area contributed by atoms with Crippen LogP contribution >= 0.6 is 0 Å². The maximum Gasteiger partial charge on any atom is 0.408 e. The molecule has 2 atom stereocenters. The quantitative estimate of drug-likeness (QED) is 0.347. The van der Waals surface area contributed by atoms with E-state index < -0.39 is 23.2 Å². The van der Waals surface area contributed by atoms with Crippen molar-refractivity contribution in [2.45, 2.75) is 64.0 Å². The van der Waals surface area contributed by atoms with Gasteiger partial charge in [0.15, 0.2) is 0 Å². The molecule has 8 heteroatoms.